The molecule has 0 N–H and O–H groups in total. The number of aryl methyl sites for hydroxylation is 3. The van der Waals surface area contributed by atoms with Crippen molar-refractivity contribution in [3.63, 3.8) is 0 Å². The first-order chi connectivity index (χ1) is 9.76. The zero-order valence-corrected chi connectivity index (χ0v) is 12.7. The van der Waals surface area contributed by atoms with E-state index >= 15 is 0 Å². The van der Waals surface area contributed by atoms with E-state index in [0.717, 1.165) is 12.8 Å². The van der Waals surface area contributed by atoms with Gasteiger partial charge in [-0.2, -0.15) is 0 Å². The summed E-state index contributed by atoms with van der Waals surface area (Å²) in [4.78, 5) is 0. The van der Waals surface area contributed by atoms with Crippen LogP contribution in [0.3, 0.4) is 0 Å². The van der Waals surface area contributed by atoms with Gasteiger partial charge in [0.2, 0.25) is 0 Å². The molecule has 0 aromatic heterocycles. The molecule has 0 fully saturated rings. The molecule has 0 amide bonds. The molecule has 3 aromatic carbocycles. The van der Waals surface area contributed by atoms with E-state index in [1.54, 1.807) is 0 Å². The Hall–Kier alpha value is -1.82. The zero-order valence-electron chi connectivity index (χ0n) is 12.7. The number of hydrogen-bond donors (Lipinski definition) is 0. The molecule has 0 heteroatoms. The topological polar surface area (TPSA) is 0 Å². The third-order valence-electron chi connectivity index (χ3n) is 4.31. The Balaban J connectivity index is 2.50. The summed E-state index contributed by atoms with van der Waals surface area (Å²) in [5.41, 5.74) is 4.35. The monoisotopic (exact) mass is 262 g/mol. The van der Waals surface area contributed by atoms with Crippen molar-refractivity contribution in [3.05, 3.63) is 59.2 Å². The van der Waals surface area contributed by atoms with Crippen LogP contribution in [-0.2, 0) is 12.8 Å². The average Bonchev–Trinajstić information content (AvgIpc) is 2.47. The van der Waals surface area contributed by atoms with Gasteiger partial charge < -0.3 is 0 Å². The maximum Gasteiger partial charge on any atom is -0.00680 e. The third kappa shape index (κ3) is 2.00. The molecule has 0 unspecified atom stereocenters. The summed E-state index contributed by atoms with van der Waals surface area (Å²) in [5.74, 6) is 0. The SMILES string of the molecule is CCCc1ccc(CC)c2c1ccc1cccc(C)c12. The number of benzene rings is 3. The fraction of sp³-hybridized carbons (Fsp3) is 0.300. The minimum Gasteiger partial charge on any atom is -0.0651 e. The molecule has 0 aliphatic carbocycles. The lowest BCUT2D eigenvalue weighted by molar-refractivity contribution is 0.928. The molecule has 3 rings (SSSR count). The Labute approximate surface area is 121 Å². The quantitative estimate of drug-likeness (QED) is 0.522. The Morgan fingerprint density at radius 1 is 0.800 bits per heavy atom. The highest BCUT2D eigenvalue weighted by molar-refractivity contribution is 6.11. The third-order valence-corrected chi connectivity index (χ3v) is 4.31. The first-order valence-electron chi connectivity index (χ1n) is 7.69. The maximum atomic E-state index is 2.33. The number of hydrogen-bond acceptors (Lipinski definition) is 0. The first-order valence-corrected chi connectivity index (χ1v) is 7.69. The fourth-order valence-corrected chi connectivity index (χ4v) is 3.32. The van der Waals surface area contributed by atoms with E-state index in [-0.39, 0.29) is 0 Å². The van der Waals surface area contributed by atoms with Crippen LogP contribution in [0.4, 0.5) is 0 Å². The van der Waals surface area contributed by atoms with Crippen molar-refractivity contribution < 1.29 is 0 Å². The van der Waals surface area contributed by atoms with Crippen LogP contribution in [0, 0.1) is 6.92 Å². The van der Waals surface area contributed by atoms with Crippen LogP contribution in [0.5, 0.6) is 0 Å². The molecule has 20 heavy (non-hydrogen) atoms. The van der Waals surface area contributed by atoms with Crippen LogP contribution in [0.15, 0.2) is 42.5 Å². The molecule has 0 saturated heterocycles. The van der Waals surface area contributed by atoms with Crippen molar-refractivity contribution in [1.29, 1.82) is 0 Å². The van der Waals surface area contributed by atoms with Gasteiger partial charge in [-0.1, -0.05) is 62.7 Å². The van der Waals surface area contributed by atoms with E-state index in [0.29, 0.717) is 0 Å². The van der Waals surface area contributed by atoms with Gasteiger partial charge in [0.15, 0.2) is 0 Å². The molecule has 102 valence electrons. The van der Waals surface area contributed by atoms with Gasteiger partial charge in [0.25, 0.3) is 0 Å². The van der Waals surface area contributed by atoms with Gasteiger partial charge in [-0.3, -0.25) is 0 Å². The van der Waals surface area contributed by atoms with Crippen LogP contribution in [0.1, 0.15) is 37.0 Å². The Kier molecular flexibility index (Phi) is 3.48. The minimum absolute atomic E-state index is 1.09. The van der Waals surface area contributed by atoms with Crippen molar-refractivity contribution in [2.24, 2.45) is 0 Å². The van der Waals surface area contributed by atoms with Gasteiger partial charge in [-0.05, 0) is 58.0 Å². The molecule has 3 aromatic rings. The zero-order chi connectivity index (χ0) is 14.1. The average molecular weight is 262 g/mol. The molecule has 0 saturated carbocycles. The van der Waals surface area contributed by atoms with Crippen LogP contribution in [0.25, 0.3) is 21.5 Å². The molecule has 0 spiro atoms. The maximum absolute atomic E-state index is 2.33. The lowest BCUT2D eigenvalue weighted by Crippen LogP contribution is -1.93. The molecule has 0 aliphatic rings. The summed E-state index contributed by atoms with van der Waals surface area (Å²) in [6.07, 6.45) is 3.46. The molecule has 0 heterocycles. The summed E-state index contributed by atoms with van der Waals surface area (Å²) in [6.45, 7) is 6.74. The van der Waals surface area contributed by atoms with E-state index in [9.17, 15) is 0 Å². The summed E-state index contributed by atoms with van der Waals surface area (Å²) >= 11 is 0. The predicted octanol–water partition coefficient (Wildman–Crippen LogP) is 5.82. The van der Waals surface area contributed by atoms with Crippen molar-refractivity contribution in [3.8, 4) is 0 Å². The van der Waals surface area contributed by atoms with Crippen molar-refractivity contribution in [2.75, 3.05) is 0 Å². The van der Waals surface area contributed by atoms with E-state index < -0.39 is 0 Å². The van der Waals surface area contributed by atoms with Crippen LogP contribution in [0.2, 0.25) is 0 Å². The van der Waals surface area contributed by atoms with Gasteiger partial charge >= 0.3 is 0 Å². The van der Waals surface area contributed by atoms with Crippen LogP contribution < -0.4 is 0 Å². The summed E-state index contributed by atoms with van der Waals surface area (Å²) in [5, 5.41) is 5.74. The van der Waals surface area contributed by atoms with E-state index in [2.05, 4.69) is 63.2 Å². The molecule has 0 atom stereocenters. The molecule has 0 nitrogen and oxygen atoms in total. The number of rotatable bonds is 3. The minimum atomic E-state index is 1.09. The summed E-state index contributed by atoms with van der Waals surface area (Å²) in [6, 6.07) is 15.9. The van der Waals surface area contributed by atoms with Crippen molar-refractivity contribution >= 4 is 21.5 Å². The van der Waals surface area contributed by atoms with Gasteiger partial charge in [0, 0.05) is 0 Å². The van der Waals surface area contributed by atoms with Crippen molar-refractivity contribution in [2.45, 2.75) is 40.0 Å². The second-order valence-corrected chi connectivity index (χ2v) is 5.65. The Morgan fingerprint density at radius 3 is 2.35 bits per heavy atom. The Bertz CT molecular complexity index is 766. The number of fused-ring (bicyclic) bond motifs is 3. The highest BCUT2D eigenvalue weighted by Crippen LogP contribution is 2.33. The van der Waals surface area contributed by atoms with E-state index in [1.807, 2.05) is 0 Å². The van der Waals surface area contributed by atoms with Gasteiger partial charge in [-0.25, -0.2) is 0 Å². The standard InChI is InChI=1S/C20H22/c1-4-7-16-11-10-15(5-2)20-18(16)13-12-17-9-6-8-14(3)19(17)20/h6,8-13H,4-5,7H2,1-3H3. The highest BCUT2D eigenvalue weighted by Gasteiger charge is 2.09. The molecule has 0 aliphatic heterocycles. The van der Waals surface area contributed by atoms with Gasteiger partial charge in [0.05, 0.1) is 0 Å². The lowest BCUT2D eigenvalue weighted by atomic mass is 9.90. The summed E-state index contributed by atoms with van der Waals surface area (Å²) < 4.78 is 0. The van der Waals surface area contributed by atoms with Crippen LogP contribution in [-0.4, -0.2) is 0 Å². The summed E-state index contributed by atoms with van der Waals surface area (Å²) in [7, 11) is 0. The molecular formula is C20H22. The second kappa shape index (κ2) is 5.28. The Morgan fingerprint density at radius 2 is 1.60 bits per heavy atom. The van der Waals surface area contributed by atoms with Crippen molar-refractivity contribution in [1.82, 2.24) is 0 Å². The second-order valence-electron chi connectivity index (χ2n) is 5.65. The normalized spacial score (nSPS) is 11.3. The largest absolute Gasteiger partial charge is 0.0651 e. The molecular weight excluding hydrogens is 240 g/mol. The first kappa shape index (κ1) is 13.2. The predicted molar refractivity (Wildman–Crippen MR) is 89.6 cm³/mol. The molecule has 0 radical (unpaired) electrons. The van der Waals surface area contributed by atoms with Gasteiger partial charge in [-0.15, -0.1) is 0 Å². The van der Waals surface area contributed by atoms with Gasteiger partial charge in [0.1, 0.15) is 0 Å². The van der Waals surface area contributed by atoms with Crippen LogP contribution >= 0.6 is 0 Å². The highest BCUT2D eigenvalue weighted by atomic mass is 14.1. The fourth-order valence-electron chi connectivity index (χ4n) is 3.32. The van der Waals surface area contributed by atoms with E-state index in [4.69, 9.17) is 0 Å². The molecule has 0 bridgehead atoms. The lowest BCUT2D eigenvalue weighted by Gasteiger charge is -2.14. The van der Waals surface area contributed by atoms with E-state index in [1.165, 1.54) is 44.7 Å². The smallest absolute Gasteiger partial charge is 0.00680 e.